The Bertz CT molecular complexity index is 482. The average molecular weight is 354 g/mol. The van der Waals surface area contributed by atoms with Gasteiger partial charge in [-0.1, -0.05) is 76.3 Å². The predicted octanol–water partition coefficient (Wildman–Crippen LogP) is 5.16. The summed E-state index contributed by atoms with van der Waals surface area (Å²) in [6.07, 6.45) is 12.8. The average Bonchev–Trinajstić information content (AvgIpc) is 2.56. The van der Waals surface area contributed by atoms with E-state index < -0.39 is 0 Å². The van der Waals surface area contributed by atoms with Crippen LogP contribution in [0.2, 0.25) is 5.02 Å². The van der Waals surface area contributed by atoms with Crippen molar-refractivity contribution in [3.63, 3.8) is 0 Å². The van der Waals surface area contributed by atoms with Crippen LogP contribution in [0.3, 0.4) is 0 Å². The number of nitrogen functional groups attached to an aromatic ring is 2. The molecule has 136 valence electrons. The summed E-state index contributed by atoms with van der Waals surface area (Å²) in [5, 5.41) is 3.21. The second-order valence-electron chi connectivity index (χ2n) is 6.41. The summed E-state index contributed by atoms with van der Waals surface area (Å²) in [5.74, 6) is -0.152. The number of rotatable bonds is 12. The van der Waals surface area contributed by atoms with Crippen LogP contribution in [-0.4, -0.2) is 12.5 Å². The Labute approximate surface area is 151 Å². The molecule has 1 aromatic carbocycles. The van der Waals surface area contributed by atoms with Crippen molar-refractivity contribution in [2.75, 3.05) is 18.0 Å². The van der Waals surface area contributed by atoms with Gasteiger partial charge in [0.25, 0.3) is 5.91 Å². The van der Waals surface area contributed by atoms with Gasteiger partial charge in [0.1, 0.15) is 0 Å². The summed E-state index contributed by atoms with van der Waals surface area (Å²) in [6, 6.07) is 3.12. The van der Waals surface area contributed by atoms with E-state index in [-0.39, 0.29) is 5.91 Å². The normalized spacial score (nSPS) is 10.8. The monoisotopic (exact) mass is 353 g/mol. The third kappa shape index (κ3) is 7.91. The fraction of sp³-hybridized carbons (Fsp3) is 0.632. The molecule has 5 heteroatoms. The molecule has 5 N–H and O–H groups in total. The molecule has 0 saturated carbocycles. The predicted molar refractivity (Wildman–Crippen MR) is 104 cm³/mol. The molecule has 0 aliphatic heterocycles. The molecule has 0 aromatic heterocycles. The lowest BCUT2D eigenvalue weighted by atomic mass is 10.1. The van der Waals surface area contributed by atoms with E-state index in [2.05, 4.69) is 12.2 Å². The Balaban J connectivity index is 2.08. The van der Waals surface area contributed by atoms with E-state index in [1.165, 1.54) is 51.4 Å². The van der Waals surface area contributed by atoms with Gasteiger partial charge in [0, 0.05) is 12.1 Å². The Morgan fingerprint density at radius 1 is 0.917 bits per heavy atom. The number of nitrogens with one attached hydrogen (secondary N) is 1. The van der Waals surface area contributed by atoms with Crippen molar-refractivity contribution in [1.29, 1.82) is 0 Å². The lowest BCUT2D eigenvalue weighted by Crippen LogP contribution is -2.24. The summed E-state index contributed by atoms with van der Waals surface area (Å²) in [6.45, 7) is 2.92. The van der Waals surface area contributed by atoms with Crippen LogP contribution in [0.1, 0.15) is 81.5 Å². The zero-order chi connectivity index (χ0) is 17.8. The van der Waals surface area contributed by atoms with Gasteiger partial charge in [-0.05, 0) is 18.6 Å². The minimum absolute atomic E-state index is 0.152. The number of amides is 1. The van der Waals surface area contributed by atoms with Gasteiger partial charge in [0.2, 0.25) is 0 Å². The highest BCUT2D eigenvalue weighted by molar-refractivity contribution is 6.35. The van der Waals surface area contributed by atoms with E-state index in [4.69, 9.17) is 23.1 Å². The largest absolute Gasteiger partial charge is 0.397 e. The standard InChI is InChI=1S/C19H32ClN3O/c1-2-3-4-5-6-7-8-9-10-11-12-23-19(24)15-13-16(21)18(20)17(22)14-15/h13-14H,2-12,21-22H2,1H3,(H,23,24). The number of halogens is 1. The van der Waals surface area contributed by atoms with Crippen molar-refractivity contribution in [3.05, 3.63) is 22.7 Å². The first-order valence-electron chi connectivity index (χ1n) is 9.19. The van der Waals surface area contributed by atoms with E-state index in [0.29, 0.717) is 28.5 Å². The molecule has 0 saturated heterocycles. The lowest BCUT2D eigenvalue weighted by Gasteiger charge is -2.08. The number of hydrogen-bond donors (Lipinski definition) is 3. The summed E-state index contributed by atoms with van der Waals surface area (Å²) < 4.78 is 0. The van der Waals surface area contributed by atoms with Gasteiger partial charge in [-0.25, -0.2) is 0 Å². The molecule has 0 aliphatic carbocycles. The van der Waals surface area contributed by atoms with Crippen molar-refractivity contribution < 1.29 is 4.79 Å². The van der Waals surface area contributed by atoms with Crippen molar-refractivity contribution >= 4 is 28.9 Å². The zero-order valence-corrected chi connectivity index (χ0v) is 15.6. The topological polar surface area (TPSA) is 81.1 Å². The first-order chi connectivity index (χ1) is 11.6. The molecule has 0 unspecified atom stereocenters. The highest BCUT2D eigenvalue weighted by atomic mass is 35.5. The Kier molecular flexibility index (Phi) is 10.3. The maximum Gasteiger partial charge on any atom is 0.251 e. The smallest absolute Gasteiger partial charge is 0.251 e. The summed E-state index contributed by atoms with van der Waals surface area (Å²) in [7, 11) is 0. The number of nitrogens with two attached hydrogens (primary N) is 2. The fourth-order valence-electron chi connectivity index (χ4n) is 2.72. The minimum atomic E-state index is -0.152. The van der Waals surface area contributed by atoms with E-state index in [0.717, 1.165) is 12.8 Å². The van der Waals surface area contributed by atoms with Crippen molar-refractivity contribution in [3.8, 4) is 0 Å². The van der Waals surface area contributed by atoms with Crippen molar-refractivity contribution in [1.82, 2.24) is 5.32 Å². The van der Waals surface area contributed by atoms with Crippen molar-refractivity contribution in [2.24, 2.45) is 0 Å². The molecular formula is C19H32ClN3O. The summed E-state index contributed by atoms with van der Waals surface area (Å²) in [4.78, 5) is 12.1. The van der Waals surface area contributed by atoms with E-state index >= 15 is 0 Å². The number of benzene rings is 1. The van der Waals surface area contributed by atoms with Gasteiger partial charge < -0.3 is 16.8 Å². The maximum atomic E-state index is 12.1. The molecule has 1 aromatic rings. The van der Waals surface area contributed by atoms with Crippen LogP contribution >= 0.6 is 11.6 Å². The first kappa shape index (κ1) is 20.6. The third-order valence-electron chi connectivity index (χ3n) is 4.21. The van der Waals surface area contributed by atoms with Crippen LogP contribution < -0.4 is 16.8 Å². The summed E-state index contributed by atoms with van der Waals surface area (Å²) >= 11 is 5.90. The van der Waals surface area contributed by atoms with E-state index in [1.54, 1.807) is 12.1 Å². The molecule has 0 radical (unpaired) electrons. The maximum absolute atomic E-state index is 12.1. The number of hydrogen-bond acceptors (Lipinski definition) is 3. The van der Waals surface area contributed by atoms with Gasteiger partial charge in [-0.2, -0.15) is 0 Å². The second-order valence-corrected chi connectivity index (χ2v) is 6.78. The quantitative estimate of drug-likeness (QED) is 0.359. The number of carbonyl (C=O) groups is 1. The van der Waals surface area contributed by atoms with Crippen LogP contribution in [0.15, 0.2) is 12.1 Å². The molecule has 0 atom stereocenters. The molecule has 0 bridgehead atoms. The lowest BCUT2D eigenvalue weighted by molar-refractivity contribution is 0.0953. The molecule has 0 spiro atoms. The van der Waals surface area contributed by atoms with Crippen molar-refractivity contribution in [2.45, 2.75) is 71.1 Å². The molecule has 0 heterocycles. The van der Waals surface area contributed by atoms with Gasteiger partial charge >= 0.3 is 0 Å². The number of unbranched alkanes of at least 4 members (excludes halogenated alkanes) is 9. The van der Waals surface area contributed by atoms with Gasteiger partial charge in [0.15, 0.2) is 0 Å². The fourth-order valence-corrected chi connectivity index (χ4v) is 2.83. The first-order valence-corrected chi connectivity index (χ1v) is 9.56. The van der Waals surface area contributed by atoms with Crippen LogP contribution in [-0.2, 0) is 0 Å². The molecule has 1 amide bonds. The Hall–Kier alpha value is -1.42. The van der Waals surface area contributed by atoms with Crippen LogP contribution in [0.5, 0.6) is 0 Å². The number of carbonyl (C=O) groups excluding carboxylic acids is 1. The zero-order valence-electron chi connectivity index (χ0n) is 14.9. The molecule has 0 fully saturated rings. The van der Waals surface area contributed by atoms with Gasteiger partial charge in [0.05, 0.1) is 16.4 Å². The highest BCUT2D eigenvalue weighted by Crippen LogP contribution is 2.27. The van der Waals surface area contributed by atoms with Gasteiger partial charge in [-0.15, -0.1) is 0 Å². The van der Waals surface area contributed by atoms with E-state index in [9.17, 15) is 4.79 Å². The molecule has 1 rings (SSSR count). The molecule has 4 nitrogen and oxygen atoms in total. The van der Waals surface area contributed by atoms with E-state index in [1.807, 2.05) is 0 Å². The van der Waals surface area contributed by atoms with Crippen LogP contribution in [0, 0.1) is 0 Å². The van der Waals surface area contributed by atoms with Crippen LogP contribution in [0.4, 0.5) is 11.4 Å². The SMILES string of the molecule is CCCCCCCCCCCCNC(=O)c1cc(N)c(Cl)c(N)c1. The Morgan fingerprint density at radius 2 is 1.38 bits per heavy atom. The summed E-state index contributed by atoms with van der Waals surface area (Å²) in [5.41, 5.74) is 12.6. The Morgan fingerprint density at radius 3 is 1.88 bits per heavy atom. The highest BCUT2D eigenvalue weighted by Gasteiger charge is 2.10. The minimum Gasteiger partial charge on any atom is -0.397 e. The molecule has 24 heavy (non-hydrogen) atoms. The van der Waals surface area contributed by atoms with Crippen LogP contribution in [0.25, 0.3) is 0 Å². The molecular weight excluding hydrogens is 322 g/mol. The van der Waals surface area contributed by atoms with Gasteiger partial charge in [-0.3, -0.25) is 4.79 Å². The molecule has 0 aliphatic rings. The third-order valence-corrected chi connectivity index (χ3v) is 4.64. The second kappa shape index (κ2) is 12.0. The number of anilines is 2.